The predicted molar refractivity (Wildman–Crippen MR) is 86.9 cm³/mol. The van der Waals surface area contributed by atoms with E-state index >= 15 is 0 Å². The van der Waals surface area contributed by atoms with Gasteiger partial charge in [0.15, 0.2) is 5.78 Å². The molecule has 24 heavy (non-hydrogen) atoms. The number of aliphatic hydroxyl groups excluding tert-OH is 1. The fourth-order valence-corrected chi connectivity index (χ4v) is 2.52. The van der Waals surface area contributed by atoms with E-state index in [0.29, 0.717) is 24.2 Å². The van der Waals surface area contributed by atoms with Crippen molar-refractivity contribution in [1.29, 1.82) is 0 Å². The van der Waals surface area contributed by atoms with Gasteiger partial charge in [0.1, 0.15) is 22.8 Å². The van der Waals surface area contributed by atoms with Gasteiger partial charge in [-0.2, -0.15) is 0 Å². The van der Waals surface area contributed by atoms with Crippen LogP contribution in [0.2, 0.25) is 0 Å². The number of aliphatic hydroxyl groups is 1. The molecule has 0 saturated heterocycles. The van der Waals surface area contributed by atoms with E-state index in [1.165, 1.54) is 13.0 Å². The van der Waals surface area contributed by atoms with Gasteiger partial charge in [-0.05, 0) is 18.4 Å². The number of esters is 1. The smallest absolute Gasteiger partial charge is 0.362 e. The average Bonchev–Trinajstić information content (AvgIpc) is 2.46. The summed E-state index contributed by atoms with van der Waals surface area (Å²) in [5.74, 6) is -0.865. The lowest BCUT2D eigenvalue weighted by molar-refractivity contribution is -0.135. The van der Waals surface area contributed by atoms with E-state index in [-0.39, 0.29) is 28.2 Å². The molecule has 0 amide bonds. The number of rotatable bonds is 3. The second-order valence-corrected chi connectivity index (χ2v) is 6.45. The van der Waals surface area contributed by atoms with Crippen molar-refractivity contribution in [3.05, 3.63) is 39.1 Å². The molecule has 0 bridgehead atoms. The van der Waals surface area contributed by atoms with Gasteiger partial charge in [-0.15, -0.1) is 0 Å². The Bertz CT molecular complexity index is 809. The number of carbonyl (C=O) groups excluding carboxylic acids is 2. The number of Topliss-reactive ketones (excluding diaryl/α,β-unsaturated/α-hetero) is 1. The third kappa shape index (κ3) is 3.61. The maximum Gasteiger partial charge on any atom is 0.362 e. The van der Waals surface area contributed by atoms with Crippen molar-refractivity contribution < 1.29 is 23.8 Å². The molecule has 1 aliphatic rings. The van der Waals surface area contributed by atoms with Crippen LogP contribution in [0.3, 0.4) is 0 Å². The van der Waals surface area contributed by atoms with Gasteiger partial charge in [0.2, 0.25) is 0 Å². The van der Waals surface area contributed by atoms with Crippen LogP contribution < -0.4 is 5.63 Å². The summed E-state index contributed by atoms with van der Waals surface area (Å²) in [6, 6.07) is 1.36. The van der Waals surface area contributed by atoms with E-state index in [0.717, 1.165) is 13.3 Å². The number of ketones is 1. The highest BCUT2D eigenvalue weighted by Gasteiger charge is 2.33. The summed E-state index contributed by atoms with van der Waals surface area (Å²) >= 11 is 0. The number of hydrogen-bond acceptors (Lipinski definition) is 7. The molecule has 1 aliphatic carbocycles. The second-order valence-electron chi connectivity index (χ2n) is 6.45. The molecule has 1 aromatic heterocycles. The van der Waals surface area contributed by atoms with E-state index in [2.05, 4.69) is 9.73 Å². The molecule has 1 aromatic rings. The van der Waals surface area contributed by atoms with Crippen molar-refractivity contribution in [2.45, 2.75) is 33.6 Å². The van der Waals surface area contributed by atoms with E-state index in [1.54, 1.807) is 0 Å². The van der Waals surface area contributed by atoms with Crippen molar-refractivity contribution in [1.82, 2.24) is 0 Å². The highest BCUT2D eigenvalue weighted by molar-refractivity contribution is 6.10. The van der Waals surface area contributed by atoms with Gasteiger partial charge in [0.05, 0.1) is 12.7 Å². The normalized spacial score (nSPS) is 17.4. The number of aliphatic imine (C=N–C) groups is 1. The molecule has 7 nitrogen and oxygen atoms in total. The van der Waals surface area contributed by atoms with Crippen molar-refractivity contribution in [2.75, 3.05) is 7.11 Å². The summed E-state index contributed by atoms with van der Waals surface area (Å²) in [4.78, 5) is 39.7. The predicted octanol–water partition coefficient (Wildman–Crippen LogP) is 2.50. The topological polar surface area (TPSA) is 106 Å². The summed E-state index contributed by atoms with van der Waals surface area (Å²) in [5.41, 5.74) is -0.966. The first-order chi connectivity index (χ1) is 11.1. The molecule has 7 heteroatoms. The SMILES string of the molecule is COC(=O)/C(C=Nc1cc2c(oc1=O)CC(C)(C)CC2=O)=C(/C)O. The minimum atomic E-state index is -0.793. The van der Waals surface area contributed by atoms with Crippen molar-refractivity contribution in [3.8, 4) is 0 Å². The first kappa shape index (κ1) is 17.7. The minimum absolute atomic E-state index is 0.121. The lowest BCUT2D eigenvalue weighted by Gasteiger charge is -2.28. The number of allylic oxidation sites excluding steroid dienone is 1. The summed E-state index contributed by atoms with van der Waals surface area (Å²) in [5, 5.41) is 9.48. The molecule has 0 aliphatic heterocycles. The number of hydrogen-bond donors (Lipinski definition) is 1. The van der Waals surface area contributed by atoms with Gasteiger partial charge >= 0.3 is 11.6 Å². The molecule has 0 unspecified atom stereocenters. The van der Waals surface area contributed by atoms with Crippen LogP contribution in [0.15, 0.2) is 31.6 Å². The van der Waals surface area contributed by atoms with Gasteiger partial charge in [0, 0.05) is 19.1 Å². The molecule has 0 atom stereocenters. The van der Waals surface area contributed by atoms with Gasteiger partial charge in [-0.25, -0.2) is 14.6 Å². The van der Waals surface area contributed by atoms with Gasteiger partial charge < -0.3 is 14.3 Å². The Morgan fingerprint density at radius 2 is 2.04 bits per heavy atom. The van der Waals surface area contributed by atoms with Crippen molar-refractivity contribution in [2.24, 2.45) is 10.4 Å². The Morgan fingerprint density at radius 3 is 2.62 bits per heavy atom. The molecule has 0 fully saturated rings. The Labute approximate surface area is 138 Å². The largest absolute Gasteiger partial charge is 0.512 e. The molecular weight excluding hydrogens is 314 g/mol. The monoisotopic (exact) mass is 333 g/mol. The first-order valence-electron chi connectivity index (χ1n) is 7.37. The van der Waals surface area contributed by atoms with Crippen LogP contribution in [0.25, 0.3) is 0 Å². The Balaban J connectivity index is 2.44. The molecule has 0 aromatic carbocycles. The Kier molecular flexibility index (Phi) is 4.73. The summed E-state index contributed by atoms with van der Waals surface area (Å²) in [6.45, 7) is 5.15. The maximum absolute atomic E-state index is 12.2. The highest BCUT2D eigenvalue weighted by atomic mass is 16.5. The summed E-state index contributed by atoms with van der Waals surface area (Å²) < 4.78 is 9.75. The van der Waals surface area contributed by atoms with Gasteiger partial charge in [-0.1, -0.05) is 13.8 Å². The summed E-state index contributed by atoms with van der Waals surface area (Å²) in [7, 11) is 1.16. The van der Waals surface area contributed by atoms with Crippen molar-refractivity contribution in [3.63, 3.8) is 0 Å². The van der Waals surface area contributed by atoms with Crippen LogP contribution in [0.5, 0.6) is 0 Å². The molecule has 128 valence electrons. The van der Waals surface area contributed by atoms with Gasteiger partial charge in [0.25, 0.3) is 0 Å². The third-order valence-corrected chi connectivity index (χ3v) is 3.71. The minimum Gasteiger partial charge on any atom is -0.512 e. The molecule has 0 spiro atoms. The highest BCUT2D eigenvalue weighted by Crippen LogP contribution is 2.35. The van der Waals surface area contributed by atoms with Crippen LogP contribution in [0.1, 0.15) is 43.3 Å². The van der Waals surface area contributed by atoms with Crippen LogP contribution in [-0.2, 0) is 16.0 Å². The first-order valence-corrected chi connectivity index (χ1v) is 7.37. The lowest BCUT2D eigenvalue weighted by atomic mass is 9.76. The van der Waals surface area contributed by atoms with E-state index < -0.39 is 11.6 Å². The third-order valence-electron chi connectivity index (χ3n) is 3.71. The van der Waals surface area contributed by atoms with E-state index in [1.807, 2.05) is 13.8 Å². The zero-order valence-corrected chi connectivity index (χ0v) is 14.0. The number of nitrogens with zero attached hydrogens (tertiary/aromatic N) is 1. The van der Waals surface area contributed by atoms with Gasteiger partial charge in [-0.3, -0.25) is 4.79 Å². The number of fused-ring (bicyclic) bond motifs is 1. The van der Waals surface area contributed by atoms with Crippen LogP contribution in [-0.4, -0.2) is 30.2 Å². The quantitative estimate of drug-likeness (QED) is 0.394. The molecule has 0 radical (unpaired) electrons. The van der Waals surface area contributed by atoms with Crippen LogP contribution >= 0.6 is 0 Å². The standard InChI is InChI=1S/C17H19NO6/c1-9(19)11(15(21)23-4)8-18-12-5-10-13(20)6-17(2,3)7-14(10)24-16(12)22/h5,8,19H,6-7H2,1-4H3/b11-9-,18-8?. The Morgan fingerprint density at radius 1 is 1.38 bits per heavy atom. The van der Waals surface area contributed by atoms with E-state index in [9.17, 15) is 19.5 Å². The average molecular weight is 333 g/mol. The fourth-order valence-electron chi connectivity index (χ4n) is 2.52. The summed E-state index contributed by atoms with van der Waals surface area (Å²) in [6.07, 6.45) is 1.84. The number of methoxy groups -OCH3 is 1. The second kappa shape index (κ2) is 6.43. The molecular formula is C17H19NO6. The lowest BCUT2D eigenvalue weighted by Crippen LogP contribution is -2.28. The van der Waals surface area contributed by atoms with Crippen LogP contribution in [0.4, 0.5) is 5.69 Å². The maximum atomic E-state index is 12.2. The fraction of sp³-hybridized carbons (Fsp3) is 0.412. The molecule has 2 rings (SSSR count). The number of ether oxygens (including phenoxy) is 1. The van der Waals surface area contributed by atoms with E-state index in [4.69, 9.17) is 4.42 Å². The molecule has 1 N–H and O–H groups in total. The van der Waals surface area contributed by atoms with Crippen LogP contribution in [0, 0.1) is 5.41 Å². The molecule has 1 heterocycles. The number of carbonyl (C=O) groups is 2. The Hall–Kier alpha value is -2.70. The van der Waals surface area contributed by atoms with Crippen molar-refractivity contribution >= 4 is 23.7 Å². The molecule has 0 saturated carbocycles. The zero-order valence-electron chi connectivity index (χ0n) is 14.0. The zero-order chi connectivity index (χ0) is 18.1.